The highest BCUT2D eigenvalue weighted by molar-refractivity contribution is 7.89. The van der Waals surface area contributed by atoms with Crippen LogP contribution in [0.2, 0.25) is 5.02 Å². The van der Waals surface area contributed by atoms with Crippen LogP contribution in [0.4, 0.5) is 10.1 Å². The van der Waals surface area contributed by atoms with Crippen LogP contribution in [0.1, 0.15) is 17.5 Å². The van der Waals surface area contributed by atoms with Crippen molar-refractivity contribution in [2.45, 2.75) is 24.3 Å². The standard InChI is InChI=1S/C17H16ClFN2O3S/c1-21(10-13-14(18)3-2-4-15(13)19)25(23,24)12-6-7-16-11(9-12)5-8-17(22)20-16/h2-4,6-7,9H,5,8,10H2,1H3,(H,20,22). The van der Waals surface area contributed by atoms with Gasteiger partial charge in [-0.05, 0) is 42.3 Å². The first kappa shape index (κ1) is 17.8. The number of carbonyl (C=O) groups is 1. The number of amides is 1. The van der Waals surface area contributed by atoms with E-state index in [2.05, 4.69) is 5.32 Å². The van der Waals surface area contributed by atoms with Crippen molar-refractivity contribution in [1.82, 2.24) is 4.31 Å². The predicted molar refractivity (Wildman–Crippen MR) is 93.5 cm³/mol. The van der Waals surface area contributed by atoms with E-state index in [0.717, 1.165) is 9.87 Å². The van der Waals surface area contributed by atoms with Crippen LogP contribution in [-0.4, -0.2) is 25.7 Å². The number of sulfonamides is 1. The number of benzene rings is 2. The second-order valence-electron chi connectivity index (χ2n) is 5.83. The zero-order valence-corrected chi connectivity index (χ0v) is 15.0. The van der Waals surface area contributed by atoms with E-state index in [1.807, 2.05) is 0 Å². The number of nitrogens with zero attached hydrogens (tertiary/aromatic N) is 1. The number of aryl methyl sites for hydroxylation is 1. The fraction of sp³-hybridized carbons (Fsp3) is 0.235. The van der Waals surface area contributed by atoms with Gasteiger partial charge in [0.25, 0.3) is 0 Å². The van der Waals surface area contributed by atoms with Gasteiger partial charge in [-0.3, -0.25) is 4.79 Å². The number of hydrogen-bond donors (Lipinski definition) is 1. The zero-order chi connectivity index (χ0) is 18.2. The Bertz CT molecular complexity index is 927. The summed E-state index contributed by atoms with van der Waals surface area (Å²) < 4.78 is 40.5. The van der Waals surface area contributed by atoms with Crippen LogP contribution >= 0.6 is 11.6 Å². The molecule has 1 heterocycles. The van der Waals surface area contributed by atoms with Crippen molar-refractivity contribution in [3.63, 3.8) is 0 Å². The van der Waals surface area contributed by atoms with Gasteiger partial charge in [0.05, 0.1) is 4.90 Å². The van der Waals surface area contributed by atoms with E-state index in [1.54, 1.807) is 12.1 Å². The molecule has 0 spiro atoms. The van der Waals surface area contributed by atoms with Gasteiger partial charge in [-0.15, -0.1) is 0 Å². The molecule has 0 unspecified atom stereocenters. The Balaban J connectivity index is 1.90. The van der Waals surface area contributed by atoms with Gasteiger partial charge >= 0.3 is 0 Å². The Labute approximate surface area is 150 Å². The maximum atomic E-state index is 13.9. The molecule has 0 fully saturated rings. The minimum absolute atomic E-state index is 0.0885. The van der Waals surface area contributed by atoms with Gasteiger partial charge in [0.1, 0.15) is 5.82 Å². The second kappa shape index (κ2) is 6.74. The van der Waals surface area contributed by atoms with Crippen molar-refractivity contribution in [2.24, 2.45) is 0 Å². The number of rotatable bonds is 4. The largest absolute Gasteiger partial charge is 0.326 e. The van der Waals surface area contributed by atoms with Crippen molar-refractivity contribution in [2.75, 3.05) is 12.4 Å². The molecule has 2 aromatic carbocycles. The van der Waals surface area contributed by atoms with Crippen LogP contribution in [0.25, 0.3) is 0 Å². The van der Waals surface area contributed by atoms with Crippen molar-refractivity contribution < 1.29 is 17.6 Å². The first-order valence-electron chi connectivity index (χ1n) is 7.61. The molecule has 3 rings (SSSR count). The molecule has 0 aliphatic carbocycles. The summed E-state index contributed by atoms with van der Waals surface area (Å²) in [4.78, 5) is 11.5. The van der Waals surface area contributed by atoms with E-state index in [-0.39, 0.29) is 27.9 Å². The van der Waals surface area contributed by atoms with Crippen LogP contribution in [0, 0.1) is 5.82 Å². The van der Waals surface area contributed by atoms with Gasteiger partial charge in [-0.1, -0.05) is 17.7 Å². The van der Waals surface area contributed by atoms with Crippen LogP contribution in [0.3, 0.4) is 0 Å². The average molecular weight is 383 g/mol. The molecule has 25 heavy (non-hydrogen) atoms. The lowest BCUT2D eigenvalue weighted by molar-refractivity contribution is -0.116. The van der Waals surface area contributed by atoms with Gasteiger partial charge in [-0.25, -0.2) is 12.8 Å². The maximum absolute atomic E-state index is 13.9. The lowest BCUT2D eigenvalue weighted by Gasteiger charge is -2.21. The molecule has 1 aliphatic rings. The molecule has 1 aliphatic heterocycles. The summed E-state index contributed by atoms with van der Waals surface area (Å²) in [5.74, 6) is -0.642. The minimum Gasteiger partial charge on any atom is -0.326 e. The molecular weight excluding hydrogens is 367 g/mol. The monoisotopic (exact) mass is 382 g/mol. The average Bonchev–Trinajstić information content (AvgIpc) is 2.57. The van der Waals surface area contributed by atoms with Crippen LogP contribution in [0.15, 0.2) is 41.3 Å². The highest BCUT2D eigenvalue weighted by Gasteiger charge is 2.25. The van der Waals surface area contributed by atoms with E-state index in [4.69, 9.17) is 11.6 Å². The fourth-order valence-corrected chi connectivity index (χ4v) is 4.10. The topological polar surface area (TPSA) is 66.5 Å². The summed E-state index contributed by atoms with van der Waals surface area (Å²) in [5, 5.41) is 2.88. The van der Waals surface area contributed by atoms with E-state index in [9.17, 15) is 17.6 Å². The van der Waals surface area contributed by atoms with Gasteiger partial charge in [-0.2, -0.15) is 4.31 Å². The SMILES string of the molecule is CN(Cc1c(F)cccc1Cl)S(=O)(=O)c1ccc2c(c1)CCC(=O)N2. The van der Waals surface area contributed by atoms with Crippen LogP contribution in [0.5, 0.6) is 0 Å². The van der Waals surface area contributed by atoms with Crippen molar-refractivity contribution >= 4 is 33.2 Å². The van der Waals surface area contributed by atoms with E-state index >= 15 is 0 Å². The smallest absolute Gasteiger partial charge is 0.243 e. The normalized spacial score (nSPS) is 14.3. The van der Waals surface area contributed by atoms with Crippen LogP contribution in [-0.2, 0) is 27.8 Å². The third-order valence-electron chi connectivity index (χ3n) is 4.12. The number of anilines is 1. The second-order valence-corrected chi connectivity index (χ2v) is 8.28. The number of fused-ring (bicyclic) bond motifs is 1. The number of nitrogens with one attached hydrogen (secondary N) is 1. The van der Waals surface area contributed by atoms with Crippen molar-refractivity contribution in [3.05, 3.63) is 58.4 Å². The van der Waals surface area contributed by atoms with Crippen molar-refractivity contribution in [1.29, 1.82) is 0 Å². The molecule has 1 amide bonds. The number of hydrogen-bond acceptors (Lipinski definition) is 3. The first-order chi connectivity index (χ1) is 11.8. The highest BCUT2D eigenvalue weighted by Crippen LogP contribution is 2.28. The van der Waals surface area contributed by atoms with E-state index < -0.39 is 15.8 Å². The Kier molecular flexibility index (Phi) is 4.81. The molecule has 0 radical (unpaired) electrons. The molecule has 2 aromatic rings. The molecule has 0 bridgehead atoms. The quantitative estimate of drug-likeness (QED) is 0.883. The highest BCUT2D eigenvalue weighted by atomic mass is 35.5. The lowest BCUT2D eigenvalue weighted by Crippen LogP contribution is -2.27. The fourth-order valence-electron chi connectivity index (χ4n) is 2.69. The zero-order valence-electron chi connectivity index (χ0n) is 13.4. The van der Waals surface area contributed by atoms with Crippen LogP contribution < -0.4 is 5.32 Å². The third kappa shape index (κ3) is 3.53. The van der Waals surface area contributed by atoms with E-state index in [0.29, 0.717) is 18.5 Å². The Morgan fingerprint density at radius 3 is 2.72 bits per heavy atom. The first-order valence-corrected chi connectivity index (χ1v) is 9.43. The molecule has 5 nitrogen and oxygen atoms in total. The summed E-state index contributed by atoms with van der Waals surface area (Å²) in [7, 11) is -2.45. The molecular formula is C17H16ClFN2O3S. The summed E-state index contributed by atoms with van der Waals surface area (Å²) in [5.41, 5.74) is 1.51. The molecule has 0 saturated heterocycles. The Morgan fingerprint density at radius 2 is 2.00 bits per heavy atom. The van der Waals surface area contributed by atoms with Gasteiger partial charge < -0.3 is 5.32 Å². The third-order valence-corrected chi connectivity index (χ3v) is 6.28. The molecule has 0 saturated carbocycles. The summed E-state index contributed by atoms with van der Waals surface area (Å²) in [6.07, 6.45) is 0.796. The Morgan fingerprint density at radius 1 is 1.24 bits per heavy atom. The van der Waals surface area contributed by atoms with Gasteiger partial charge in [0.15, 0.2) is 0 Å². The summed E-state index contributed by atoms with van der Waals surface area (Å²) in [6.45, 7) is -0.179. The predicted octanol–water partition coefficient (Wildman–Crippen LogP) is 3.18. The lowest BCUT2D eigenvalue weighted by atomic mass is 10.0. The summed E-state index contributed by atoms with van der Waals surface area (Å²) >= 11 is 5.98. The Hall–Kier alpha value is -1.96. The summed E-state index contributed by atoms with van der Waals surface area (Å²) in [6, 6.07) is 8.77. The molecule has 8 heteroatoms. The maximum Gasteiger partial charge on any atom is 0.243 e. The van der Waals surface area contributed by atoms with E-state index in [1.165, 1.54) is 31.3 Å². The molecule has 1 N–H and O–H groups in total. The number of carbonyl (C=O) groups excluding carboxylic acids is 1. The van der Waals surface area contributed by atoms with Gasteiger partial charge in [0.2, 0.25) is 15.9 Å². The molecule has 0 aromatic heterocycles. The number of halogens is 2. The minimum atomic E-state index is -3.82. The molecule has 132 valence electrons. The molecule has 0 atom stereocenters. The van der Waals surface area contributed by atoms with Gasteiger partial charge in [0, 0.05) is 36.3 Å². The van der Waals surface area contributed by atoms with Crippen molar-refractivity contribution in [3.8, 4) is 0 Å².